The summed E-state index contributed by atoms with van der Waals surface area (Å²) in [6.45, 7) is 4.83. The van der Waals surface area contributed by atoms with E-state index in [0.717, 1.165) is 13.1 Å². The zero-order valence-electron chi connectivity index (χ0n) is 7.05. The van der Waals surface area contributed by atoms with Crippen molar-refractivity contribution in [1.82, 2.24) is 4.90 Å². The molecule has 2 fully saturated rings. The first kappa shape index (κ1) is 9.69. The average Bonchev–Trinajstić information content (AvgIpc) is 2.46. The molecule has 2 saturated heterocycles. The van der Waals surface area contributed by atoms with Gasteiger partial charge in [0.25, 0.3) is 0 Å². The molecule has 0 aliphatic carbocycles. The first-order valence-electron chi connectivity index (χ1n) is 4.13. The van der Waals surface area contributed by atoms with Crippen LogP contribution in [0.4, 0.5) is 0 Å². The van der Waals surface area contributed by atoms with Crippen LogP contribution in [0.5, 0.6) is 0 Å². The third-order valence-electron chi connectivity index (χ3n) is 2.88. The normalized spacial score (nSPS) is 37.9. The van der Waals surface area contributed by atoms with Gasteiger partial charge in [0.15, 0.2) is 0 Å². The molecule has 2 nitrogen and oxygen atoms in total. The molecule has 1 atom stereocenters. The van der Waals surface area contributed by atoms with Crippen molar-refractivity contribution in [2.24, 2.45) is 5.41 Å². The van der Waals surface area contributed by atoms with Crippen LogP contribution in [0, 0.1) is 5.41 Å². The van der Waals surface area contributed by atoms with Gasteiger partial charge in [0.2, 0.25) is 0 Å². The second-order valence-electron chi connectivity index (χ2n) is 3.84. The molecular weight excluding hydrogens is 308 g/mol. The maximum atomic E-state index is 4.43. The number of likely N-dealkylation sites (tertiary alicyclic amines) is 1. The molecule has 2 rings (SSSR count). The van der Waals surface area contributed by atoms with Crippen LogP contribution in [0.2, 0.25) is 0 Å². The maximum absolute atomic E-state index is 4.43. The van der Waals surface area contributed by atoms with E-state index in [2.05, 4.69) is 17.3 Å². The molecule has 0 aromatic heterocycles. The fraction of sp³-hybridized carbons (Fsp3) is 1.00. The smallest absolute Gasteiger partial charge is 0.00183 e. The zero-order valence-corrected chi connectivity index (χ0v) is 9.98. The van der Waals surface area contributed by atoms with Crippen molar-refractivity contribution < 1.29 is 21.1 Å². The second-order valence-corrected chi connectivity index (χ2v) is 3.84. The van der Waals surface area contributed by atoms with Gasteiger partial charge in [-0.25, -0.2) is 0 Å². The molecule has 0 bridgehead atoms. The van der Waals surface area contributed by atoms with Crippen molar-refractivity contribution in [2.45, 2.75) is 12.8 Å². The topological polar surface area (TPSA) is 17.3 Å². The molecule has 3 heteroatoms. The van der Waals surface area contributed by atoms with Crippen molar-refractivity contribution in [2.75, 3.05) is 33.2 Å². The zero-order chi connectivity index (χ0) is 7.03. The van der Waals surface area contributed by atoms with Crippen LogP contribution >= 0.6 is 0 Å². The molecule has 1 spiro atoms. The monoisotopic (exact) mass is 323 g/mol. The van der Waals surface area contributed by atoms with Gasteiger partial charge >= 0.3 is 0 Å². The van der Waals surface area contributed by atoms with E-state index in [1.807, 2.05) is 0 Å². The first-order chi connectivity index (χ1) is 4.81. The minimum Gasteiger partial charge on any atom is -0.662 e. The SMILES string of the molecule is CN1CCC2(CC[N-]C2)C1.[W]. The van der Waals surface area contributed by atoms with Crippen molar-refractivity contribution in [3.8, 4) is 0 Å². The largest absolute Gasteiger partial charge is 0.662 e. The number of hydrogen-bond donors (Lipinski definition) is 0. The molecule has 64 valence electrons. The average molecular weight is 323 g/mol. The van der Waals surface area contributed by atoms with Crippen LogP contribution < -0.4 is 0 Å². The summed E-state index contributed by atoms with van der Waals surface area (Å²) >= 11 is 0. The number of rotatable bonds is 0. The molecule has 2 aliphatic rings. The fourth-order valence-electron chi connectivity index (χ4n) is 2.20. The van der Waals surface area contributed by atoms with Crippen LogP contribution in [0.15, 0.2) is 0 Å². The summed E-state index contributed by atoms with van der Waals surface area (Å²) in [4.78, 5) is 2.43. The Balaban J connectivity index is 0.000000605. The molecule has 11 heavy (non-hydrogen) atoms. The molecule has 0 radical (unpaired) electrons. The summed E-state index contributed by atoms with van der Waals surface area (Å²) in [7, 11) is 2.22. The van der Waals surface area contributed by atoms with Gasteiger partial charge < -0.3 is 10.2 Å². The van der Waals surface area contributed by atoms with Crippen molar-refractivity contribution in [1.29, 1.82) is 0 Å². The van der Waals surface area contributed by atoms with E-state index >= 15 is 0 Å². The Morgan fingerprint density at radius 3 is 2.64 bits per heavy atom. The van der Waals surface area contributed by atoms with Gasteiger partial charge in [-0.15, -0.1) is 13.1 Å². The third-order valence-corrected chi connectivity index (χ3v) is 2.88. The number of nitrogens with zero attached hydrogens (tertiary/aromatic N) is 2. The van der Waals surface area contributed by atoms with Crippen LogP contribution in [-0.4, -0.2) is 38.1 Å². The van der Waals surface area contributed by atoms with E-state index in [9.17, 15) is 0 Å². The quantitative estimate of drug-likeness (QED) is 0.652. The summed E-state index contributed by atoms with van der Waals surface area (Å²) in [5, 5.41) is 4.43. The summed E-state index contributed by atoms with van der Waals surface area (Å²) in [6, 6.07) is 0. The molecule has 0 aromatic carbocycles. The Labute approximate surface area is 83.0 Å². The third kappa shape index (κ3) is 1.85. The van der Waals surface area contributed by atoms with E-state index in [4.69, 9.17) is 0 Å². The minimum absolute atomic E-state index is 0. The van der Waals surface area contributed by atoms with Gasteiger partial charge in [0, 0.05) is 27.6 Å². The summed E-state index contributed by atoms with van der Waals surface area (Å²) in [5.41, 5.74) is 0.620. The molecule has 0 N–H and O–H groups in total. The van der Waals surface area contributed by atoms with Gasteiger partial charge in [-0.3, -0.25) is 0 Å². The van der Waals surface area contributed by atoms with Crippen LogP contribution in [0.1, 0.15) is 12.8 Å². The Bertz CT molecular complexity index is 132. The fourth-order valence-corrected chi connectivity index (χ4v) is 2.20. The number of hydrogen-bond acceptors (Lipinski definition) is 1. The predicted molar refractivity (Wildman–Crippen MR) is 42.3 cm³/mol. The van der Waals surface area contributed by atoms with Crippen LogP contribution in [0.3, 0.4) is 0 Å². The molecule has 1 unspecified atom stereocenters. The van der Waals surface area contributed by atoms with Gasteiger partial charge in [0.1, 0.15) is 0 Å². The van der Waals surface area contributed by atoms with E-state index in [1.54, 1.807) is 0 Å². The van der Waals surface area contributed by atoms with E-state index < -0.39 is 0 Å². The molecule has 2 aliphatic heterocycles. The first-order valence-corrected chi connectivity index (χ1v) is 4.13. The molecular formula is C8H15N2W-. The van der Waals surface area contributed by atoms with Gasteiger partial charge in [0.05, 0.1) is 0 Å². The predicted octanol–water partition coefficient (Wildman–Crippen LogP) is 1.08. The Morgan fingerprint density at radius 1 is 1.36 bits per heavy atom. The van der Waals surface area contributed by atoms with Crippen LogP contribution in [0.25, 0.3) is 5.32 Å². The van der Waals surface area contributed by atoms with E-state index in [1.165, 1.54) is 25.9 Å². The maximum Gasteiger partial charge on any atom is 0.00183 e. The van der Waals surface area contributed by atoms with E-state index in [0.29, 0.717) is 5.41 Å². The Hall–Kier alpha value is 0.608. The molecule has 0 aromatic rings. The van der Waals surface area contributed by atoms with Gasteiger partial charge in [-0.2, -0.15) is 0 Å². The van der Waals surface area contributed by atoms with Gasteiger partial charge in [-0.1, -0.05) is 6.42 Å². The molecule has 0 amide bonds. The van der Waals surface area contributed by atoms with E-state index in [-0.39, 0.29) is 21.1 Å². The van der Waals surface area contributed by atoms with Crippen LogP contribution in [-0.2, 0) is 21.1 Å². The van der Waals surface area contributed by atoms with Crippen molar-refractivity contribution in [3.63, 3.8) is 0 Å². The standard InChI is InChI=1S/C8H15N2.W/c1-10-5-3-8(7-10)2-4-9-6-8;/h2-7H2,1H3;/q-1;. The Kier molecular flexibility index (Phi) is 3.13. The van der Waals surface area contributed by atoms with Crippen molar-refractivity contribution in [3.05, 3.63) is 5.32 Å². The second kappa shape index (κ2) is 3.55. The minimum atomic E-state index is 0. The Morgan fingerprint density at radius 2 is 2.18 bits per heavy atom. The molecule has 2 heterocycles. The summed E-state index contributed by atoms with van der Waals surface area (Å²) in [5.74, 6) is 0. The summed E-state index contributed by atoms with van der Waals surface area (Å²) in [6.07, 6.45) is 2.73. The summed E-state index contributed by atoms with van der Waals surface area (Å²) < 4.78 is 0. The van der Waals surface area contributed by atoms with Gasteiger partial charge in [-0.05, 0) is 25.4 Å². The molecule has 0 saturated carbocycles. The van der Waals surface area contributed by atoms with Crippen molar-refractivity contribution >= 4 is 0 Å².